The van der Waals surface area contributed by atoms with Crippen molar-refractivity contribution in [3.05, 3.63) is 28.8 Å². The number of alkyl halides is 3. The average molecular weight is 327 g/mol. The average Bonchev–Trinajstić information content (AvgIpc) is 2.36. The number of aliphatic hydroxyl groups excluding tert-OH is 1. The van der Waals surface area contributed by atoms with E-state index < -0.39 is 41.4 Å². The Morgan fingerprint density at radius 1 is 1.33 bits per heavy atom. The fourth-order valence-electron chi connectivity index (χ4n) is 1.27. The zero-order valence-electron chi connectivity index (χ0n) is 10.2. The summed E-state index contributed by atoms with van der Waals surface area (Å²) in [6.07, 6.45) is -6.49. The molecule has 0 heterocycles. The van der Waals surface area contributed by atoms with Crippen LogP contribution in [0.3, 0.4) is 0 Å². The highest BCUT2D eigenvalue weighted by Gasteiger charge is 2.33. The van der Waals surface area contributed by atoms with E-state index in [9.17, 15) is 22.8 Å². The van der Waals surface area contributed by atoms with Crippen LogP contribution in [0.5, 0.6) is 0 Å². The second-order valence-corrected chi connectivity index (χ2v) is 4.29. The first-order valence-corrected chi connectivity index (χ1v) is 5.81. The summed E-state index contributed by atoms with van der Waals surface area (Å²) in [6, 6.07) is 1.78. The molecule has 1 atom stereocenters. The predicted molar refractivity (Wildman–Crippen MR) is 67.1 cm³/mol. The molecular weight excluding hydrogens is 317 g/mol. The number of hydrogen-bond donors (Lipinski definition) is 4. The van der Waals surface area contributed by atoms with Crippen LogP contribution in [-0.4, -0.2) is 34.9 Å². The number of nitrogens with one attached hydrogen (secondary N) is 2. The topological polar surface area (TPSA) is 98.7 Å². The number of aliphatic carboxylic acids is 1. The summed E-state index contributed by atoms with van der Waals surface area (Å²) < 4.78 is 37.8. The lowest BCUT2D eigenvalue weighted by Gasteiger charge is -2.12. The Labute approximate surface area is 121 Å². The van der Waals surface area contributed by atoms with E-state index in [1.807, 2.05) is 5.32 Å². The van der Waals surface area contributed by atoms with Gasteiger partial charge in [0.25, 0.3) is 0 Å². The van der Waals surface area contributed by atoms with E-state index in [-0.39, 0.29) is 5.69 Å². The number of aliphatic hydroxyl groups is 1. The molecule has 0 unspecified atom stereocenters. The maximum absolute atomic E-state index is 12.6. The van der Waals surface area contributed by atoms with Crippen molar-refractivity contribution in [2.75, 3.05) is 11.9 Å². The Bertz CT molecular complexity index is 551. The first kappa shape index (κ1) is 17.1. The summed E-state index contributed by atoms with van der Waals surface area (Å²) in [4.78, 5) is 21.6. The van der Waals surface area contributed by atoms with Crippen LogP contribution in [0.25, 0.3) is 0 Å². The molecule has 116 valence electrons. The number of amides is 2. The highest BCUT2D eigenvalue weighted by Crippen LogP contribution is 2.36. The van der Waals surface area contributed by atoms with Gasteiger partial charge in [0.15, 0.2) is 6.10 Å². The summed E-state index contributed by atoms with van der Waals surface area (Å²) in [5.74, 6) is -1.54. The molecule has 6 nitrogen and oxygen atoms in total. The van der Waals surface area contributed by atoms with Crippen LogP contribution >= 0.6 is 11.6 Å². The summed E-state index contributed by atoms with van der Waals surface area (Å²) in [5, 5.41) is 20.8. The predicted octanol–water partition coefficient (Wildman–Crippen LogP) is 1.93. The molecule has 0 radical (unpaired) electrons. The highest BCUT2D eigenvalue weighted by molar-refractivity contribution is 6.31. The molecule has 2 amide bonds. The van der Waals surface area contributed by atoms with Crippen molar-refractivity contribution in [2.24, 2.45) is 0 Å². The van der Waals surface area contributed by atoms with Crippen LogP contribution in [-0.2, 0) is 11.0 Å². The standard InChI is InChI=1S/C11H10ClF3N2O4/c12-7-2-1-5(3-6(7)11(13,14)15)17-10(21)16-4-8(18)9(19)20/h1-3,8,18H,4H2,(H,19,20)(H2,16,17,21)/t8-/m0/s1. The van der Waals surface area contributed by atoms with Crippen molar-refractivity contribution in [2.45, 2.75) is 12.3 Å². The molecule has 10 heteroatoms. The van der Waals surface area contributed by atoms with Crippen molar-refractivity contribution in [3.8, 4) is 0 Å². The van der Waals surface area contributed by atoms with Gasteiger partial charge < -0.3 is 20.8 Å². The monoisotopic (exact) mass is 326 g/mol. The molecule has 0 aliphatic rings. The van der Waals surface area contributed by atoms with Gasteiger partial charge in [0.1, 0.15) is 0 Å². The fourth-order valence-corrected chi connectivity index (χ4v) is 1.50. The number of carbonyl (C=O) groups is 2. The van der Waals surface area contributed by atoms with Crippen LogP contribution in [0.4, 0.5) is 23.7 Å². The Morgan fingerprint density at radius 3 is 2.48 bits per heavy atom. The molecule has 21 heavy (non-hydrogen) atoms. The molecule has 0 fully saturated rings. The molecule has 0 aromatic heterocycles. The highest BCUT2D eigenvalue weighted by atomic mass is 35.5. The van der Waals surface area contributed by atoms with Crippen LogP contribution in [0.15, 0.2) is 18.2 Å². The van der Waals surface area contributed by atoms with E-state index in [1.54, 1.807) is 0 Å². The van der Waals surface area contributed by atoms with Crippen molar-refractivity contribution < 1.29 is 33.0 Å². The largest absolute Gasteiger partial charge is 0.479 e. The smallest absolute Gasteiger partial charge is 0.417 e. The van der Waals surface area contributed by atoms with E-state index in [4.69, 9.17) is 21.8 Å². The number of halogens is 4. The number of urea groups is 1. The van der Waals surface area contributed by atoms with E-state index in [0.717, 1.165) is 12.1 Å². The van der Waals surface area contributed by atoms with Crippen LogP contribution in [0.2, 0.25) is 5.02 Å². The Kier molecular flexibility index (Phi) is 5.39. The third-order valence-corrected chi connectivity index (χ3v) is 2.60. The molecule has 0 bridgehead atoms. The minimum Gasteiger partial charge on any atom is -0.479 e. The molecule has 1 aromatic carbocycles. The maximum Gasteiger partial charge on any atom is 0.417 e. The molecule has 0 spiro atoms. The quantitative estimate of drug-likeness (QED) is 0.679. The number of carboxylic acid groups (broad SMARTS) is 1. The zero-order valence-corrected chi connectivity index (χ0v) is 11.0. The summed E-state index contributed by atoms with van der Waals surface area (Å²) in [7, 11) is 0. The first-order chi connectivity index (χ1) is 9.61. The number of rotatable bonds is 4. The van der Waals surface area contributed by atoms with Crippen LogP contribution in [0.1, 0.15) is 5.56 Å². The minimum atomic E-state index is -4.68. The summed E-state index contributed by atoms with van der Waals surface area (Å²) in [6.45, 7) is -0.596. The van der Waals surface area contributed by atoms with E-state index in [0.29, 0.717) is 6.07 Å². The molecule has 0 aliphatic heterocycles. The first-order valence-electron chi connectivity index (χ1n) is 5.43. The third-order valence-electron chi connectivity index (χ3n) is 2.27. The third kappa shape index (κ3) is 5.12. The van der Waals surface area contributed by atoms with E-state index in [2.05, 4.69) is 5.32 Å². The number of anilines is 1. The number of hydrogen-bond acceptors (Lipinski definition) is 3. The van der Waals surface area contributed by atoms with Gasteiger partial charge in [-0.3, -0.25) is 0 Å². The van der Waals surface area contributed by atoms with Gasteiger partial charge in [0, 0.05) is 5.69 Å². The molecule has 1 rings (SSSR count). The second kappa shape index (κ2) is 6.64. The molecule has 0 aliphatic carbocycles. The van der Waals surface area contributed by atoms with Crippen LogP contribution in [0, 0.1) is 0 Å². The van der Waals surface area contributed by atoms with Gasteiger partial charge >= 0.3 is 18.2 Å². The number of carboxylic acids is 1. The van der Waals surface area contributed by atoms with Gasteiger partial charge in [0.2, 0.25) is 0 Å². The zero-order chi connectivity index (χ0) is 16.2. The SMILES string of the molecule is O=C(NC[C@H](O)C(=O)O)Nc1ccc(Cl)c(C(F)(F)F)c1. The molecule has 4 N–H and O–H groups in total. The van der Waals surface area contributed by atoms with Gasteiger partial charge in [-0.2, -0.15) is 13.2 Å². The lowest BCUT2D eigenvalue weighted by Crippen LogP contribution is -2.38. The maximum atomic E-state index is 12.6. The fraction of sp³-hybridized carbons (Fsp3) is 0.273. The van der Waals surface area contributed by atoms with E-state index >= 15 is 0 Å². The van der Waals surface area contributed by atoms with Gasteiger partial charge in [-0.25, -0.2) is 9.59 Å². The minimum absolute atomic E-state index is 0.186. The van der Waals surface area contributed by atoms with Crippen molar-refractivity contribution in [1.82, 2.24) is 5.32 Å². The van der Waals surface area contributed by atoms with E-state index in [1.165, 1.54) is 0 Å². The van der Waals surface area contributed by atoms with Gasteiger partial charge in [-0.05, 0) is 18.2 Å². The normalized spacial score (nSPS) is 12.6. The van der Waals surface area contributed by atoms with Crippen molar-refractivity contribution in [3.63, 3.8) is 0 Å². The Morgan fingerprint density at radius 2 is 1.95 bits per heavy atom. The molecule has 0 saturated heterocycles. The number of benzene rings is 1. The summed E-state index contributed by atoms with van der Waals surface area (Å²) in [5.41, 5.74) is -1.30. The van der Waals surface area contributed by atoms with Gasteiger partial charge in [-0.1, -0.05) is 11.6 Å². The molecular formula is C11H10ClF3N2O4. The number of carbonyl (C=O) groups excluding carboxylic acids is 1. The Hall–Kier alpha value is -2.00. The lowest BCUT2D eigenvalue weighted by molar-refractivity contribution is -0.146. The molecule has 1 aromatic rings. The summed E-state index contributed by atoms with van der Waals surface area (Å²) >= 11 is 5.41. The van der Waals surface area contributed by atoms with Gasteiger partial charge in [-0.15, -0.1) is 0 Å². The molecule has 0 saturated carbocycles. The lowest BCUT2D eigenvalue weighted by atomic mass is 10.2. The van der Waals surface area contributed by atoms with Crippen molar-refractivity contribution in [1.29, 1.82) is 0 Å². The van der Waals surface area contributed by atoms with Crippen molar-refractivity contribution >= 4 is 29.3 Å². The second-order valence-electron chi connectivity index (χ2n) is 3.88. The Balaban J connectivity index is 2.71. The van der Waals surface area contributed by atoms with Crippen LogP contribution < -0.4 is 10.6 Å². The van der Waals surface area contributed by atoms with Gasteiger partial charge in [0.05, 0.1) is 17.1 Å².